The number of benzene rings is 3. The highest BCUT2D eigenvalue weighted by Crippen LogP contribution is 2.44. The van der Waals surface area contributed by atoms with Gasteiger partial charge in [0, 0.05) is 20.6 Å². The molecule has 5 aromatic rings. The van der Waals surface area contributed by atoms with Crippen molar-refractivity contribution in [3.63, 3.8) is 0 Å². The highest BCUT2D eigenvalue weighted by molar-refractivity contribution is 9.10. The number of amides is 1. The smallest absolute Gasteiger partial charge is 0.296 e. The molecule has 0 fully saturated rings. The number of halogens is 2. The summed E-state index contributed by atoms with van der Waals surface area (Å²) in [5.74, 6) is -0.976. The number of aliphatic hydroxyl groups is 1. The molecule has 12 heteroatoms. The first kappa shape index (κ1) is 27.5. The predicted molar refractivity (Wildman–Crippen MR) is 162 cm³/mol. The maximum atomic E-state index is 13.9. The fraction of sp³-hybridized carbons (Fsp3) is 0.103. The van der Waals surface area contributed by atoms with Gasteiger partial charge in [-0.05, 0) is 47.5 Å². The summed E-state index contributed by atoms with van der Waals surface area (Å²) in [6.45, 7) is 0. The summed E-state index contributed by atoms with van der Waals surface area (Å²) in [7, 11) is 1.51. The van der Waals surface area contributed by atoms with Crippen molar-refractivity contribution in [3.05, 3.63) is 111 Å². The Labute approximate surface area is 255 Å². The van der Waals surface area contributed by atoms with Crippen LogP contribution in [0.2, 0.25) is 5.02 Å². The van der Waals surface area contributed by atoms with E-state index < -0.39 is 23.5 Å². The van der Waals surface area contributed by atoms with Crippen LogP contribution in [0.5, 0.6) is 5.75 Å². The lowest BCUT2D eigenvalue weighted by Crippen LogP contribution is -2.31. The number of hydrogen-bond acceptors (Lipinski definition) is 9. The number of aliphatic hydroxyl groups excluding tert-OH is 1. The van der Waals surface area contributed by atoms with Gasteiger partial charge in [0.15, 0.2) is 27.2 Å². The molecule has 1 unspecified atom stereocenters. The molecule has 0 saturated carbocycles. The monoisotopic (exact) mass is 667 g/mol. The average Bonchev–Trinajstić information content (AvgIpc) is 3.69. The summed E-state index contributed by atoms with van der Waals surface area (Å²) in [5.41, 5.74) is 1.94. The van der Waals surface area contributed by atoms with Gasteiger partial charge in [-0.3, -0.25) is 14.5 Å². The third kappa shape index (κ3) is 5.26. The fourth-order valence-corrected chi connectivity index (χ4v) is 6.73. The van der Waals surface area contributed by atoms with Gasteiger partial charge >= 0.3 is 0 Å². The van der Waals surface area contributed by atoms with Gasteiger partial charge in [0.2, 0.25) is 10.9 Å². The van der Waals surface area contributed by atoms with Crippen molar-refractivity contribution in [2.24, 2.45) is 0 Å². The molecule has 2 aromatic heterocycles. The number of carbonyl (C=O) groups excluding carboxylic acids is 2. The van der Waals surface area contributed by atoms with Crippen LogP contribution in [0.3, 0.4) is 0 Å². The van der Waals surface area contributed by atoms with Crippen LogP contribution in [0.1, 0.15) is 27.7 Å². The second-order valence-corrected chi connectivity index (χ2v) is 12.5. The van der Waals surface area contributed by atoms with Gasteiger partial charge in [0.1, 0.15) is 0 Å². The lowest BCUT2D eigenvalue weighted by molar-refractivity contribution is -0.117. The SMILES string of the molecule is COc1cccc2cc(C(=O)C3=C(O)C(=O)N(c4nnc(SCc5ccc(Cl)cc5)s4)C3c3ccc(Br)cc3)oc12. The van der Waals surface area contributed by atoms with E-state index >= 15 is 0 Å². The van der Waals surface area contributed by atoms with E-state index in [-0.39, 0.29) is 16.5 Å². The van der Waals surface area contributed by atoms with Crippen LogP contribution in [0.15, 0.2) is 97.4 Å². The van der Waals surface area contributed by atoms with E-state index in [9.17, 15) is 14.7 Å². The Morgan fingerprint density at radius 3 is 2.63 bits per heavy atom. The second-order valence-electron chi connectivity index (χ2n) is 8.98. The maximum absolute atomic E-state index is 13.9. The number of aromatic nitrogens is 2. The first-order valence-corrected chi connectivity index (χ1v) is 15.2. The normalized spacial score (nSPS) is 15.2. The largest absolute Gasteiger partial charge is 0.503 e. The zero-order valence-electron chi connectivity index (χ0n) is 21.2. The average molecular weight is 669 g/mol. The number of carbonyl (C=O) groups is 2. The lowest BCUT2D eigenvalue weighted by atomic mass is 9.95. The number of furan rings is 1. The molecule has 0 aliphatic carbocycles. The summed E-state index contributed by atoms with van der Waals surface area (Å²) >= 11 is 12.1. The van der Waals surface area contributed by atoms with Gasteiger partial charge in [-0.25, -0.2) is 0 Å². The predicted octanol–water partition coefficient (Wildman–Crippen LogP) is 7.78. The number of ether oxygens (including phenoxy) is 1. The van der Waals surface area contributed by atoms with E-state index in [2.05, 4.69) is 26.1 Å². The third-order valence-corrected chi connectivity index (χ3v) is 9.38. The molecule has 1 aliphatic rings. The molecule has 0 radical (unpaired) electrons. The molecular formula is C29H19BrClN3O5S2. The molecule has 3 aromatic carbocycles. The van der Waals surface area contributed by atoms with Gasteiger partial charge in [-0.2, -0.15) is 0 Å². The molecule has 1 amide bonds. The molecular weight excluding hydrogens is 650 g/mol. The molecule has 1 aliphatic heterocycles. The fourth-order valence-electron chi connectivity index (χ4n) is 4.52. The minimum atomic E-state index is -0.958. The number of Topliss-reactive ketones (excluding diaryl/α,β-unsaturated/α-hetero) is 1. The number of nitrogens with zero attached hydrogens (tertiary/aromatic N) is 3. The summed E-state index contributed by atoms with van der Waals surface area (Å²) in [5, 5.41) is 21.2. The van der Waals surface area contributed by atoms with E-state index in [1.807, 2.05) is 24.3 Å². The van der Waals surface area contributed by atoms with E-state index in [0.29, 0.717) is 37.4 Å². The zero-order chi connectivity index (χ0) is 28.7. The van der Waals surface area contributed by atoms with E-state index in [1.165, 1.54) is 35.1 Å². The zero-order valence-corrected chi connectivity index (χ0v) is 25.2. The van der Waals surface area contributed by atoms with Crippen LogP contribution in [-0.2, 0) is 10.5 Å². The van der Waals surface area contributed by atoms with Crippen LogP contribution in [0.25, 0.3) is 11.0 Å². The van der Waals surface area contributed by atoms with Crippen molar-refractivity contribution in [1.82, 2.24) is 10.2 Å². The minimum absolute atomic E-state index is 0.0284. The standard InChI is InChI=1S/C29H19BrClN3O5S2/c1-38-20-4-2-3-17-13-21(39-26(17)20)24(35)22-23(16-7-9-18(30)10-8-16)34(27(37)25(22)36)28-32-33-29(41-28)40-14-15-5-11-19(31)12-6-15/h2-13,23,36H,14H2,1H3. The number of methoxy groups -OCH3 is 1. The van der Waals surface area contributed by atoms with Crippen molar-refractivity contribution in [3.8, 4) is 5.75 Å². The van der Waals surface area contributed by atoms with Crippen LogP contribution in [-0.4, -0.2) is 34.1 Å². The molecule has 6 rings (SSSR count). The summed E-state index contributed by atoms with van der Waals surface area (Å²) < 4.78 is 12.7. The maximum Gasteiger partial charge on any atom is 0.296 e. The van der Waals surface area contributed by atoms with Crippen molar-refractivity contribution in [2.45, 2.75) is 16.1 Å². The van der Waals surface area contributed by atoms with Gasteiger partial charge in [-0.15, -0.1) is 10.2 Å². The number of fused-ring (bicyclic) bond motifs is 1. The molecule has 41 heavy (non-hydrogen) atoms. The number of anilines is 1. The number of thioether (sulfide) groups is 1. The first-order chi connectivity index (χ1) is 19.8. The van der Waals surface area contributed by atoms with Crippen LogP contribution in [0, 0.1) is 0 Å². The van der Waals surface area contributed by atoms with Crippen molar-refractivity contribution < 1.29 is 23.8 Å². The lowest BCUT2D eigenvalue weighted by Gasteiger charge is -2.23. The molecule has 206 valence electrons. The Bertz CT molecular complexity index is 1820. The molecule has 0 bridgehead atoms. The van der Waals surface area contributed by atoms with Crippen LogP contribution in [0.4, 0.5) is 5.13 Å². The topological polar surface area (TPSA) is 106 Å². The van der Waals surface area contributed by atoms with Crippen LogP contribution < -0.4 is 9.64 Å². The third-order valence-electron chi connectivity index (χ3n) is 6.47. The highest BCUT2D eigenvalue weighted by atomic mass is 79.9. The molecule has 3 heterocycles. The Hall–Kier alpha value is -3.64. The first-order valence-electron chi connectivity index (χ1n) is 12.2. The Balaban J connectivity index is 1.36. The van der Waals surface area contributed by atoms with Crippen molar-refractivity contribution >= 4 is 78.4 Å². The van der Waals surface area contributed by atoms with E-state index in [0.717, 1.165) is 10.0 Å². The Morgan fingerprint density at radius 2 is 1.90 bits per heavy atom. The van der Waals surface area contributed by atoms with Crippen LogP contribution >= 0.6 is 50.6 Å². The summed E-state index contributed by atoms with van der Waals surface area (Å²) in [4.78, 5) is 28.7. The number of ketones is 1. The van der Waals surface area contributed by atoms with E-state index in [4.69, 9.17) is 20.8 Å². The molecule has 0 spiro atoms. The number of hydrogen-bond donors (Lipinski definition) is 1. The van der Waals surface area contributed by atoms with Gasteiger partial charge in [0.25, 0.3) is 5.91 Å². The molecule has 0 saturated heterocycles. The van der Waals surface area contributed by atoms with Gasteiger partial charge in [-0.1, -0.05) is 87.0 Å². The van der Waals surface area contributed by atoms with E-state index in [1.54, 1.807) is 48.5 Å². The van der Waals surface area contributed by atoms with Crippen molar-refractivity contribution in [2.75, 3.05) is 12.0 Å². The summed E-state index contributed by atoms with van der Waals surface area (Å²) in [6, 6.07) is 20.6. The van der Waals surface area contributed by atoms with Gasteiger partial charge < -0.3 is 14.3 Å². The second kappa shape index (κ2) is 11.3. The molecule has 1 atom stereocenters. The van der Waals surface area contributed by atoms with Gasteiger partial charge in [0.05, 0.1) is 18.7 Å². The molecule has 8 nitrogen and oxygen atoms in total. The summed E-state index contributed by atoms with van der Waals surface area (Å²) in [6.07, 6.45) is 0. The minimum Gasteiger partial charge on any atom is -0.503 e. The van der Waals surface area contributed by atoms with Crippen molar-refractivity contribution in [1.29, 1.82) is 0 Å². The number of rotatable bonds is 8. The Kier molecular flexibility index (Phi) is 7.60. The quantitative estimate of drug-likeness (QED) is 0.102. The highest BCUT2D eigenvalue weighted by Gasteiger charge is 2.46. The Morgan fingerprint density at radius 1 is 1.15 bits per heavy atom. The molecule has 1 N–H and O–H groups in total. The number of para-hydroxylation sites is 1.